The number of hydrogen-bond donors (Lipinski definition) is 0. The summed E-state index contributed by atoms with van der Waals surface area (Å²) in [6.07, 6.45) is 9.30. The number of carbonyl (C=O) groups excluding carboxylic acids is 4. The van der Waals surface area contributed by atoms with Crippen LogP contribution in [0.25, 0.3) is 0 Å². The minimum atomic E-state index is -1.44. The van der Waals surface area contributed by atoms with Crippen molar-refractivity contribution in [3.05, 3.63) is 35.1 Å². The molecule has 0 fully saturated rings. The Bertz CT molecular complexity index is 788. The molecule has 0 radical (unpaired) electrons. The van der Waals surface area contributed by atoms with Crippen LogP contribution in [0.15, 0.2) is 40.1 Å². The average molecular weight is 418 g/mol. The molecular formula is C23H31NO6. The van der Waals surface area contributed by atoms with E-state index in [1.807, 2.05) is 19.9 Å². The molecule has 0 aromatic rings. The monoisotopic (exact) mass is 417 g/mol. The molecule has 7 nitrogen and oxygen atoms in total. The molecule has 7 heteroatoms. The number of allylic oxidation sites excluding steroid dienone is 6. The van der Waals surface area contributed by atoms with Gasteiger partial charge in [0, 0.05) is 18.2 Å². The Morgan fingerprint density at radius 3 is 2.57 bits per heavy atom. The van der Waals surface area contributed by atoms with E-state index in [0.29, 0.717) is 24.8 Å². The molecule has 0 spiro atoms. The first-order valence-corrected chi connectivity index (χ1v) is 10.2. The third-order valence-corrected chi connectivity index (χ3v) is 4.76. The lowest BCUT2D eigenvalue weighted by Crippen LogP contribution is -2.37. The van der Waals surface area contributed by atoms with Crippen molar-refractivity contribution >= 4 is 29.8 Å². The van der Waals surface area contributed by atoms with Crippen molar-refractivity contribution in [3.8, 4) is 0 Å². The van der Waals surface area contributed by atoms with E-state index in [4.69, 9.17) is 4.74 Å². The molecule has 1 heterocycles. The molecule has 2 atom stereocenters. The Balaban J connectivity index is 2.73. The molecule has 0 bridgehead atoms. The number of hydrogen-bond acceptors (Lipinski definition) is 6. The minimum absolute atomic E-state index is 0.184. The fraction of sp³-hybridized carbons (Fsp3) is 0.522. The molecule has 1 aliphatic heterocycles. The van der Waals surface area contributed by atoms with E-state index in [1.165, 1.54) is 19.4 Å². The first kappa shape index (κ1) is 25.2. The lowest BCUT2D eigenvalue weighted by molar-refractivity contribution is -0.152. The molecule has 1 rings (SSSR count). The molecule has 0 saturated heterocycles. The number of methoxy groups -OCH3 is 1. The lowest BCUT2D eigenvalue weighted by Gasteiger charge is -2.23. The molecule has 1 amide bonds. The van der Waals surface area contributed by atoms with Crippen molar-refractivity contribution in [2.75, 3.05) is 7.11 Å². The predicted octanol–water partition coefficient (Wildman–Crippen LogP) is 4.52. The van der Waals surface area contributed by atoms with Crippen molar-refractivity contribution in [3.63, 3.8) is 0 Å². The molecule has 164 valence electrons. The van der Waals surface area contributed by atoms with Crippen LogP contribution in [0.3, 0.4) is 0 Å². The van der Waals surface area contributed by atoms with Crippen LogP contribution in [0.5, 0.6) is 0 Å². The van der Waals surface area contributed by atoms with Gasteiger partial charge in [-0.1, -0.05) is 38.0 Å². The van der Waals surface area contributed by atoms with Gasteiger partial charge in [0.1, 0.15) is 5.76 Å². The Labute approximate surface area is 177 Å². The second-order valence-electron chi connectivity index (χ2n) is 7.39. The molecule has 2 unspecified atom stereocenters. The van der Waals surface area contributed by atoms with Gasteiger partial charge in [-0.15, -0.1) is 0 Å². The normalized spacial score (nSPS) is 18.8. The number of ether oxygens (including phenoxy) is 2. The van der Waals surface area contributed by atoms with Gasteiger partial charge in [0.15, 0.2) is 17.5 Å². The zero-order chi connectivity index (χ0) is 22.7. The van der Waals surface area contributed by atoms with Crippen LogP contribution in [0.4, 0.5) is 4.79 Å². The smallest absolute Gasteiger partial charge is 0.432 e. The van der Waals surface area contributed by atoms with Crippen molar-refractivity contribution in [1.82, 2.24) is 0 Å². The number of esters is 1. The highest BCUT2D eigenvalue weighted by Crippen LogP contribution is 2.26. The second-order valence-corrected chi connectivity index (χ2v) is 7.39. The molecule has 0 aliphatic carbocycles. The summed E-state index contributed by atoms with van der Waals surface area (Å²) in [5.41, 5.74) is 1.46. The van der Waals surface area contributed by atoms with E-state index < -0.39 is 29.5 Å². The molecule has 1 aliphatic rings. The third-order valence-electron chi connectivity index (χ3n) is 4.76. The van der Waals surface area contributed by atoms with Crippen LogP contribution in [0.2, 0.25) is 0 Å². The van der Waals surface area contributed by atoms with Crippen LogP contribution in [-0.2, 0) is 23.9 Å². The maximum absolute atomic E-state index is 12.6. The highest BCUT2D eigenvalue weighted by Gasteiger charge is 2.39. The average Bonchev–Trinajstić information content (AvgIpc) is 2.70. The number of Topliss-reactive ketones (excluding diaryl/α,β-unsaturated/α-hetero) is 1. The summed E-state index contributed by atoms with van der Waals surface area (Å²) < 4.78 is 9.71. The summed E-state index contributed by atoms with van der Waals surface area (Å²) in [6.45, 7) is 7.46. The molecule has 0 N–H and O–H groups in total. The van der Waals surface area contributed by atoms with Crippen LogP contribution < -0.4 is 0 Å². The summed E-state index contributed by atoms with van der Waals surface area (Å²) in [4.78, 5) is 51.9. The van der Waals surface area contributed by atoms with E-state index in [0.717, 1.165) is 18.4 Å². The Morgan fingerprint density at radius 2 is 1.97 bits per heavy atom. The molecule has 0 saturated carbocycles. The maximum Gasteiger partial charge on any atom is 0.432 e. The SMILES string of the molecule is CCCC(C)=CC=C(C)C(=O)C1C(=O)C=C(C(C)CCCC=NC(=O)OC)OC1=O. The number of ketones is 2. The quantitative estimate of drug-likeness (QED) is 0.129. The molecule has 0 aromatic carbocycles. The highest BCUT2D eigenvalue weighted by molar-refractivity contribution is 6.26. The Kier molecular flexibility index (Phi) is 10.6. The zero-order valence-corrected chi connectivity index (χ0v) is 18.4. The number of amides is 1. The van der Waals surface area contributed by atoms with E-state index in [2.05, 4.69) is 16.7 Å². The number of rotatable bonds is 10. The first-order valence-electron chi connectivity index (χ1n) is 10.2. The van der Waals surface area contributed by atoms with Crippen molar-refractivity contribution in [2.24, 2.45) is 16.8 Å². The van der Waals surface area contributed by atoms with E-state index >= 15 is 0 Å². The molecular weight excluding hydrogens is 386 g/mol. The van der Waals surface area contributed by atoms with Gasteiger partial charge in [-0.2, -0.15) is 4.99 Å². The summed E-state index contributed by atoms with van der Waals surface area (Å²) >= 11 is 0. The predicted molar refractivity (Wildman–Crippen MR) is 114 cm³/mol. The summed E-state index contributed by atoms with van der Waals surface area (Å²) in [5, 5.41) is 0. The van der Waals surface area contributed by atoms with Gasteiger partial charge >= 0.3 is 12.1 Å². The molecule has 30 heavy (non-hydrogen) atoms. The summed E-state index contributed by atoms with van der Waals surface area (Å²) in [5.74, 6) is -3.27. The second kappa shape index (κ2) is 12.7. The molecule has 0 aromatic heterocycles. The van der Waals surface area contributed by atoms with Gasteiger partial charge in [-0.25, -0.2) is 4.79 Å². The van der Waals surface area contributed by atoms with E-state index in [1.54, 1.807) is 13.0 Å². The maximum atomic E-state index is 12.6. The van der Waals surface area contributed by atoms with Gasteiger partial charge < -0.3 is 9.47 Å². The van der Waals surface area contributed by atoms with E-state index in [9.17, 15) is 19.2 Å². The highest BCUT2D eigenvalue weighted by atomic mass is 16.5. The van der Waals surface area contributed by atoms with Crippen LogP contribution in [0, 0.1) is 11.8 Å². The summed E-state index contributed by atoms with van der Waals surface area (Å²) in [6, 6.07) is 0. The number of aliphatic imine (C=N–C) groups is 1. The van der Waals surface area contributed by atoms with Gasteiger partial charge in [-0.05, 0) is 45.1 Å². The number of unbranched alkanes of at least 4 members (excludes halogenated alkanes) is 1. The largest absolute Gasteiger partial charge is 0.451 e. The van der Waals surface area contributed by atoms with Crippen molar-refractivity contribution in [1.29, 1.82) is 0 Å². The fourth-order valence-corrected chi connectivity index (χ4v) is 2.93. The van der Waals surface area contributed by atoms with Gasteiger partial charge in [0.2, 0.25) is 0 Å². The van der Waals surface area contributed by atoms with Crippen molar-refractivity contribution in [2.45, 2.75) is 59.8 Å². The fourth-order valence-electron chi connectivity index (χ4n) is 2.93. The third kappa shape index (κ3) is 7.89. The van der Waals surface area contributed by atoms with Gasteiger partial charge in [-0.3, -0.25) is 14.4 Å². The van der Waals surface area contributed by atoms with Crippen molar-refractivity contribution < 1.29 is 28.7 Å². The first-order chi connectivity index (χ1) is 14.2. The standard InChI is InChI=1S/C23H31NO6/c1-6-9-15(2)11-12-17(4)21(26)20-18(25)14-19(30-22(20)27)16(3)10-7-8-13-24-23(28)29-5/h11-14,16,20H,6-10H2,1-5H3. The zero-order valence-electron chi connectivity index (χ0n) is 18.4. The number of nitrogens with zero attached hydrogens (tertiary/aromatic N) is 1. The van der Waals surface area contributed by atoms with Gasteiger partial charge in [0.25, 0.3) is 0 Å². The minimum Gasteiger partial charge on any atom is -0.451 e. The van der Waals surface area contributed by atoms with Crippen LogP contribution >= 0.6 is 0 Å². The van der Waals surface area contributed by atoms with Crippen LogP contribution in [-0.4, -0.2) is 37.0 Å². The van der Waals surface area contributed by atoms with Crippen LogP contribution in [0.1, 0.15) is 59.8 Å². The van der Waals surface area contributed by atoms with E-state index in [-0.39, 0.29) is 11.7 Å². The van der Waals surface area contributed by atoms with Gasteiger partial charge in [0.05, 0.1) is 7.11 Å². The Hall–Kier alpha value is -2.83. The number of cyclic esters (lactones) is 1. The Morgan fingerprint density at radius 1 is 1.27 bits per heavy atom. The summed E-state index contributed by atoms with van der Waals surface area (Å²) in [7, 11) is 1.25. The number of carbonyl (C=O) groups is 4. The lowest BCUT2D eigenvalue weighted by atomic mass is 9.90. The topological polar surface area (TPSA) is 99.1 Å².